The van der Waals surface area contributed by atoms with Crippen molar-refractivity contribution in [3.8, 4) is 0 Å². The van der Waals surface area contributed by atoms with Gasteiger partial charge in [-0.05, 0) is 6.07 Å². The Kier molecular flexibility index (Phi) is 1.73. The van der Waals surface area contributed by atoms with Crippen molar-refractivity contribution in [2.75, 3.05) is 0 Å². The predicted molar refractivity (Wildman–Crippen MR) is 48.1 cm³/mol. The molecule has 0 aliphatic carbocycles. The molecule has 0 spiro atoms. The van der Waals surface area contributed by atoms with Crippen LogP contribution in [0, 0.1) is 5.82 Å². The molecule has 0 aliphatic rings. The summed E-state index contributed by atoms with van der Waals surface area (Å²) in [5.74, 6) is -1.38. The van der Waals surface area contributed by atoms with Crippen LogP contribution in [0.4, 0.5) is 4.39 Å². The lowest BCUT2D eigenvalue weighted by Gasteiger charge is -1.96. The lowest BCUT2D eigenvalue weighted by atomic mass is 10.2. The predicted octanol–water partition coefficient (Wildman–Crippen LogP) is 1.53. The normalized spacial score (nSPS) is 10.5. The quantitative estimate of drug-likeness (QED) is 0.752. The molecule has 1 aromatic heterocycles. The van der Waals surface area contributed by atoms with Crippen molar-refractivity contribution in [3.05, 3.63) is 29.0 Å². The number of aromatic nitrogens is 1. The van der Waals surface area contributed by atoms with Gasteiger partial charge in [-0.25, -0.2) is 9.37 Å². The standard InChI is InChI=1S/C8H5FN2OS/c9-5-2-6-7(13-3-11-6)1-4(5)8(10)12/h1-3H,(H2,10,12). The lowest BCUT2D eigenvalue weighted by Crippen LogP contribution is -2.12. The van der Waals surface area contributed by atoms with Crippen molar-refractivity contribution in [2.24, 2.45) is 5.73 Å². The molecule has 1 heterocycles. The maximum Gasteiger partial charge on any atom is 0.251 e. The molecule has 1 amide bonds. The molecule has 0 atom stereocenters. The first-order valence-corrected chi connectivity index (χ1v) is 4.39. The van der Waals surface area contributed by atoms with Gasteiger partial charge in [0, 0.05) is 6.07 Å². The van der Waals surface area contributed by atoms with E-state index < -0.39 is 11.7 Å². The molecular weight excluding hydrogens is 191 g/mol. The van der Waals surface area contributed by atoms with Crippen LogP contribution in [0.15, 0.2) is 17.6 Å². The minimum absolute atomic E-state index is 0.0863. The molecule has 3 nitrogen and oxygen atoms in total. The fourth-order valence-corrected chi connectivity index (χ4v) is 1.77. The summed E-state index contributed by atoms with van der Waals surface area (Å²) in [6.45, 7) is 0. The molecule has 5 heteroatoms. The van der Waals surface area contributed by atoms with Crippen molar-refractivity contribution in [3.63, 3.8) is 0 Å². The Morgan fingerprint density at radius 3 is 3.00 bits per heavy atom. The van der Waals surface area contributed by atoms with E-state index in [9.17, 15) is 9.18 Å². The van der Waals surface area contributed by atoms with Crippen LogP contribution in [0.5, 0.6) is 0 Å². The van der Waals surface area contributed by atoms with E-state index in [2.05, 4.69) is 4.98 Å². The zero-order chi connectivity index (χ0) is 9.42. The highest BCUT2D eigenvalue weighted by molar-refractivity contribution is 7.16. The summed E-state index contributed by atoms with van der Waals surface area (Å²) in [6.07, 6.45) is 0. The molecule has 0 fully saturated rings. The van der Waals surface area contributed by atoms with Gasteiger partial charge in [0.25, 0.3) is 5.91 Å². The van der Waals surface area contributed by atoms with E-state index in [1.807, 2.05) is 0 Å². The van der Waals surface area contributed by atoms with Crippen molar-refractivity contribution in [2.45, 2.75) is 0 Å². The summed E-state index contributed by atoms with van der Waals surface area (Å²) in [4.78, 5) is 14.7. The number of primary amides is 1. The minimum Gasteiger partial charge on any atom is -0.366 e. The molecule has 2 rings (SSSR count). The molecule has 13 heavy (non-hydrogen) atoms. The van der Waals surface area contributed by atoms with E-state index in [1.54, 1.807) is 5.51 Å². The average Bonchev–Trinajstić information content (AvgIpc) is 2.48. The van der Waals surface area contributed by atoms with E-state index in [-0.39, 0.29) is 5.56 Å². The number of nitrogens with two attached hydrogens (primary N) is 1. The summed E-state index contributed by atoms with van der Waals surface area (Å²) in [6, 6.07) is 2.64. The zero-order valence-electron chi connectivity index (χ0n) is 6.45. The summed E-state index contributed by atoms with van der Waals surface area (Å²) in [7, 11) is 0. The molecule has 0 unspecified atom stereocenters. The van der Waals surface area contributed by atoms with Crippen molar-refractivity contribution < 1.29 is 9.18 Å². The molecule has 0 saturated heterocycles. The van der Waals surface area contributed by atoms with Crippen molar-refractivity contribution in [1.82, 2.24) is 4.98 Å². The van der Waals surface area contributed by atoms with Gasteiger partial charge in [0.1, 0.15) is 5.82 Å². The second-order valence-electron chi connectivity index (χ2n) is 2.52. The zero-order valence-corrected chi connectivity index (χ0v) is 7.27. The third-order valence-electron chi connectivity index (χ3n) is 1.69. The number of amides is 1. The van der Waals surface area contributed by atoms with E-state index >= 15 is 0 Å². The Morgan fingerprint density at radius 1 is 1.54 bits per heavy atom. The molecular formula is C8H5FN2OS. The van der Waals surface area contributed by atoms with Crippen LogP contribution in [0.2, 0.25) is 0 Å². The van der Waals surface area contributed by atoms with Gasteiger partial charge in [-0.1, -0.05) is 0 Å². The van der Waals surface area contributed by atoms with Gasteiger partial charge in [0.15, 0.2) is 0 Å². The number of benzene rings is 1. The average molecular weight is 196 g/mol. The molecule has 1 aromatic carbocycles. The van der Waals surface area contributed by atoms with Gasteiger partial charge in [-0.3, -0.25) is 4.79 Å². The summed E-state index contributed by atoms with van der Waals surface area (Å²) >= 11 is 1.34. The first-order chi connectivity index (χ1) is 6.18. The monoisotopic (exact) mass is 196 g/mol. The Bertz CT molecular complexity index is 480. The maximum absolute atomic E-state index is 13.1. The number of carbonyl (C=O) groups is 1. The topological polar surface area (TPSA) is 56.0 Å². The lowest BCUT2D eigenvalue weighted by molar-refractivity contribution is 0.0996. The molecule has 0 aliphatic heterocycles. The van der Waals surface area contributed by atoms with Gasteiger partial charge in [-0.2, -0.15) is 0 Å². The Labute approximate surface area is 77.0 Å². The molecule has 66 valence electrons. The van der Waals surface area contributed by atoms with E-state index in [4.69, 9.17) is 5.73 Å². The van der Waals surface area contributed by atoms with E-state index in [0.717, 1.165) is 4.70 Å². The fourth-order valence-electron chi connectivity index (χ4n) is 1.07. The van der Waals surface area contributed by atoms with Crippen LogP contribution < -0.4 is 5.73 Å². The molecule has 0 radical (unpaired) electrons. The van der Waals surface area contributed by atoms with Crippen LogP contribution in [0.25, 0.3) is 10.2 Å². The molecule has 0 bridgehead atoms. The summed E-state index contributed by atoms with van der Waals surface area (Å²) in [5.41, 5.74) is 7.03. The highest BCUT2D eigenvalue weighted by atomic mass is 32.1. The first-order valence-electron chi connectivity index (χ1n) is 3.51. The number of carbonyl (C=O) groups excluding carboxylic acids is 1. The second kappa shape index (κ2) is 2.77. The number of thiazole rings is 1. The van der Waals surface area contributed by atoms with E-state index in [0.29, 0.717) is 5.52 Å². The Morgan fingerprint density at radius 2 is 2.31 bits per heavy atom. The van der Waals surface area contributed by atoms with Crippen molar-refractivity contribution in [1.29, 1.82) is 0 Å². The maximum atomic E-state index is 13.1. The van der Waals surface area contributed by atoms with Gasteiger partial charge in [0.2, 0.25) is 0 Å². The fraction of sp³-hybridized carbons (Fsp3) is 0. The van der Waals surface area contributed by atoms with Crippen LogP contribution in [0.1, 0.15) is 10.4 Å². The Hall–Kier alpha value is -1.49. The van der Waals surface area contributed by atoms with Crippen molar-refractivity contribution >= 4 is 27.5 Å². The molecule has 0 saturated carbocycles. The number of hydrogen-bond donors (Lipinski definition) is 1. The van der Waals surface area contributed by atoms with Crippen LogP contribution in [-0.2, 0) is 0 Å². The first kappa shape index (κ1) is 8.12. The van der Waals surface area contributed by atoms with E-state index in [1.165, 1.54) is 23.5 Å². The number of fused-ring (bicyclic) bond motifs is 1. The van der Waals surface area contributed by atoms with Gasteiger partial charge in [0.05, 0.1) is 21.3 Å². The number of halogens is 1. The molecule has 2 N–H and O–H groups in total. The third kappa shape index (κ3) is 1.27. The highest BCUT2D eigenvalue weighted by Crippen LogP contribution is 2.21. The van der Waals surface area contributed by atoms with Gasteiger partial charge >= 0.3 is 0 Å². The van der Waals surface area contributed by atoms with Crippen LogP contribution in [0.3, 0.4) is 0 Å². The van der Waals surface area contributed by atoms with Crippen LogP contribution in [-0.4, -0.2) is 10.9 Å². The SMILES string of the molecule is NC(=O)c1cc2scnc2cc1F. The van der Waals surface area contributed by atoms with Crippen LogP contribution >= 0.6 is 11.3 Å². The van der Waals surface area contributed by atoms with Gasteiger partial charge in [-0.15, -0.1) is 11.3 Å². The van der Waals surface area contributed by atoms with Gasteiger partial charge < -0.3 is 5.73 Å². The smallest absolute Gasteiger partial charge is 0.251 e. The molecule has 2 aromatic rings. The minimum atomic E-state index is -0.757. The second-order valence-corrected chi connectivity index (χ2v) is 3.40. The number of hydrogen-bond acceptors (Lipinski definition) is 3. The number of nitrogens with zero attached hydrogens (tertiary/aromatic N) is 1. The Balaban J connectivity index is 2.76. The summed E-state index contributed by atoms with van der Waals surface area (Å²) in [5, 5.41) is 0. The number of rotatable bonds is 1. The highest BCUT2D eigenvalue weighted by Gasteiger charge is 2.10. The third-order valence-corrected chi connectivity index (χ3v) is 2.48. The summed E-state index contributed by atoms with van der Waals surface area (Å²) < 4.78 is 13.9. The largest absolute Gasteiger partial charge is 0.366 e.